The summed E-state index contributed by atoms with van der Waals surface area (Å²) in [5.74, 6) is -2.16. The standard InChI is InChI=1S/C12H14N4O2/c1-9(17)11(5-13)7-15-3-4-16-8-12(6-14)10(2)18/h7-8,11-12H,3-4H2,1-2H3. The van der Waals surface area contributed by atoms with Crippen LogP contribution in [0.4, 0.5) is 0 Å². The van der Waals surface area contributed by atoms with Gasteiger partial charge in [-0.2, -0.15) is 10.5 Å². The van der Waals surface area contributed by atoms with Crippen molar-refractivity contribution in [2.45, 2.75) is 13.8 Å². The summed E-state index contributed by atoms with van der Waals surface area (Å²) in [6.45, 7) is 3.25. The van der Waals surface area contributed by atoms with Gasteiger partial charge in [0.15, 0.2) is 11.6 Å². The number of carbonyl (C=O) groups is 2. The molecule has 0 aliphatic rings. The van der Waals surface area contributed by atoms with Crippen LogP contribution in [0.1, 0.15) is 13.8 Å². The molecule has 94 valence electrons. The van der Waals surface area contributed by atoms with Crippen molar-refractivity contribution in [1.29, 1.82) is 10.5 Å². The van der Waals surface area contributed by atoms with Crippen LogP contribution in [0.25, 0.3) is 0 Å². The molecule has 0 rings (SSSR count). The maximum Gasteiger partial charge on any atom is 0.152 e. The van der Waals surface area contributed by atoms with Crippen molar-refractivity contribution in [2.75, 3.05) is 13.1 Å². The van der Waals surface area contributed by atoms with Crippen molar-refractivity contribution in [2.24, 2.45) is 21.8 Å². The summed E-state index contributed by atoms with van der Waals surface area (Å²) >= 11 is 0. The Morgan fingerprint density at radius 3 is 1.56 bits per heavy atom. The number of ketones is 2. The van der Waals surface area contributed by atoms with Crippen molar-refractivity contribution >= 4 is 24.0 Å². The summed E-state index contributed by atoms with van der Waals surface area (Å²) in [6, 6.07) is 3.62. The van der Waals surface area contributed by atoms with Gasteiger partial charge < -0.3 is 0 Å². The van der Waals surface area contributed by atoms with Gasteiger partial charge in [-0.25, -0.2) is 0 Å². The molecule has 0 spiro atoms. The molecule has 2 atom stereocenters. The van der Waals surface area contributed by atoms with Gasteiger partial charge in [0.25, 0.3) is 0 Å². The SMILES string of the molecule is CC(=O)C(C#N)C=NCCN=CC(C#N)C(C)=O. The number of rotatable bonds is 7. The first kappa shape index (κ1) is 15.7. The molecule has 0 N–H and O–H groups in total. The van der Waals surface area contributed by atoms with Crippen molar-refractivity contribution in [3.05, 3.63) is 0 Å². The first-order valence-electron chi connectivity index (χ1n) is 5.33. The van der Waals surface area contributed by atoms with E-state index in [2.05, 4.69) is 9.98 Å². The number of carbonyl (C=O) groups excluding carboxylic acids is 2. The molecule has 0 amide bonds. The minimum atomic E-state index is -0.821. The average molecular weight is 246 g/mol. The van der Waals surface area contributed by atoms with E-state index in [0.29, 0.717) is 13.1 Å². The molecule has 0 bridgehead atoms. The topological polar surface area (TPSA) is 106 Å². The molecule has 0 radical (unpaired) electrons. The van der Waals surface area contributed by atoms with E-state index in [1.165, 1.54) is 26.3 Å². The molecule has 0 heterocycles. The van der Waals surface area contributed by atoms with Gasteiger partial charge in [0, 0.05) is 12.4 Å². The van der Waals surface area contributed by atoms with Gasteiger partial charge >= 0.3 is 0 Å². The number of hydrogen-bond donors (Lipinski definition) is 0. The van der Waals surface area contributed by atoms with Crippen molar-refractivity contribution in [1.82, 2.24) is 0 Å². The van der Waals surface area contributed by atoms with Crippen LogP contribution in [0.2, 0.25) is 0 Å². The molecule has 0 saturated carbocycles. The number of aliphatic imine (C=N–C) groups is 2. The third kappa shape index (κ3) is 6.29. The second-order valence-electron chi connectivity index (χ2n) is 3.55. The van der Waals surface area contributed by atoms with Crippen LogP contribution in [0.15, 0.2) is 9.98 Å². The molecule has 18 heavy (non-hydrogen) atoms. The highest BCUT2D eigenvalue weighted by molar-refractivity contribution is 5.96. The predicted molar refractivity (Wildman–Crippen MR) is 66.3 cm³/mol. The lowest BCUT2D eigenvalue weighted by Crippen LogP contribution is -2.11. The molecule has 0 saturated heterocycles. The number of nitriles is 2. The second kappa shape index (κ2) is 8.77. The molecule has 0 aliphatic carbocycles. The van der Waals surface area contributed by atoms with Gasteiger partial charge in [0.1, 0.15) is 11.8 Å². The summed E-state index contributed by atoms with van der Waals surface area (Å²) < 4.78 is 0. The highest BCUT2D eigenvalue weighted by atomic mass is 16.1. The quantitative estimate of drug-likeness (QED) is 0.483. The Labute approximate surface area is 106 Å². The first-order valence-corrected chi connectivity index (χ1v) is 5.33. The van der Waals surface area contributed by atoms with E-state index in [4.69, 9.17) is 10.5 Å². The largest absolute Gasteiger partial charge is 0.298 e. The van der Waals surface area contributed by atoms with Crippen LogP contribution in [0.3, 0.4) is 0 Å². The van der Waals surface area contributed by atoms with Crippen LogP contribution in [0.5, 0.6) is 0 Å². The fraction of sp³-hybridized carbons (Fsp3) is 0.500. The van der Waals surface area contributed by atoms with Crippen LogP contribution >= 0.6 is 0 Å². The van der Waals surface area contributed by atoms with E-state index in [1.54, 1.807) is 0 Å². The second-order valence-corrected chi connectivity index (χ2v) is 3.55. The van der Waals surface area contributed by atoms with E-state index >= 15 is 0 Å². The Balaban J connectivity index is 4.08. The summed E-state index contributed by atoms with van der Waals surface area (Å²) in [7, 11) is 0. The van der Waals surface area contributed by atoms with E-state index < -0.39 is 11.8 Å². The lowest BCUT2D eigenvalue weighted by atomic mass is 10.1. The molecule has 0 aliphatic heterocycles. The third-order valence-electron chi connectivity index (χ3n) is 2.02. The third-order valence-corrected chi connectivity index (χ3v) is 2.02. The van der Waals surface area contributed by atoms with E-state index in [-0.39, 0.29) is 11.6 Å². The van der Waals surface area contributed by atoms with E-state index in [0.717, 1.165) is 0 Å². The highest BCUT2D eigenvalue weighted by Crippen LogP contribution is 1.93. The molecule has 0 aromatic heterocycles. The Hall–Kier alpha value is -2.34. The van der Waals surface area contributed by atoms with E-state index in [9.17, 15) is 9.59 Å². The molecule has 2 unspecified atom stereocenters. The summed E-state index contributed by atoms with van der Waals surface area (Å²) in [4.78, 5) is 29.5. The smallest absolute Gasteiger partial charge is 0.152 e. The van der Waals surface area contributed by atoms with Crippen molar-refractivity contribution in [3.8, 4) is 12.1 Å². The summed E-state index contributed by atoms with van der Waals surface area (Å²) in [5, 5.41) is 17.2. The van der Waals surface area contributed by atoms with Gasteiger partial charge in [-0.15, -0.1) is 0 Å². The van der Waals surface area contributed by atoms with Crippen molar-refractivity contribution in [3.63, 3.8) is 0 Å². The Morgan fingerprint density at radius 1 is 1.00 bits per heavy atom. The minimum absolute atomic E-state index is 0.258. The maximum atomic E-state index is 10.9. The highest BCUT2D eigenvalue weighted by Gasteiger charge is 2.09. The molecule has 0 aromatic rings. The summed E-state index contributed by atoms with van der Waals surface area (Å²) in [6.07, 6.45) is 2.56. The molecule has 6 heteroatoms. The van der Waals surface area contributed by atoms with Gasteiger partial charge in [-0.05, 0) is 13.8 Å². The lowest BCUT2D eigenvalue weighted by Gasteiger charge is -1.96. The number of nitrogens with zero attached hydrogens (tertiary/aromatic N) is 4. The number of Topliss-reactive ketones (excluding diaryl/α,β-unsaturated/α-hetero) is 2. The van der Waals surface area contributed by atoms with Gasteiger partial charge in [0.05, 0.1) is 25.2 Å². The number of hydrogen-bond acceptors (Lipinski definition) is 6. The zero-order valence-corrected chi connectivity index (χ0v) is 10.3. The average Bonchev–Trinajstić information content (AvgIpc) is 2.32. The fourth-order valence-corrected chi connectivity index (χ4v) is 0.934. The first-order chi connectivity index (χ1) is 8.52. The van der Waals surface area contributed by atoms with E-state index in [1.807, 2.05) is 12.1 Å². The van der Waals surface area contributed by atoms with Crippen LogP contribution in [-0.4, -0.2) is 37.1 Å². The molecule has 0 fully saturated rings. The van der Waals surface area contributed by atoms with Crippen LogP contribution in [-0.2, 0) is 9.59 Å². The van der Waals surface area contributed by atoms with Gasteiger partial charge in [-0.1, -0.05) is 0 Å². The van der Waals surface area contributed by atoms with Crippen molar-refractivity contribution < 1.29 is 9.59 Å². The lowest BCUT2D eigenvalue weighted by molar-refractivity contribution is -0.118. The predicted octanol–water partition coefficient (Wildman–Crippen LogP) is 0.586. The Bertz CT molecular complexity index is 398. The Kier molecular flexibility index (Phi) is 7.63. The molecule has 0 aromatic carbocycles. The molecule has 6 nitrogen and oxygen atoms in total. The fourth-order valence-electron chi connectivity index (χ4n) is 0.934. The molecular weight excluding hydrogens is 232 g/mol. The van der Waals surface area contributed by atoms with Crippen LogP contribution in [0, 0.1) is 34.5 Å². The van der Waals surface area contributed by atoms with Gasteiger partial charge in [-0.3, -0.25) is 19.6 Å². The zero-order chi connectivity index (χ0) is 14.0. The molecular formula is C12H14N4O2. The summed E-state index contributed by atoms with van der Waals surface area (Å²) in [5.41, 5.74) is 0. The van der Waals surface area contributed by atoms with Gasteiger partial charge in [0.2, 0.25) is 0 Å². The Morgan fingerprint density at radius 2 is 1.33 bits per heavy atom. The monoisotopic (exact) mass is 246 g/mol. The normalized spacial score (nSPS) is 14.0. The zero-order valence-electron chi connectivity index (χ0n) is 10.3. The minimum Gasteiger partial charge on any atom is -0.298 e. The maximum absolute atomic E-state index is 10.9. The van der Waals surface area contributed by atoms with Crippen LogP contribution < -0.4 is 0 Å².